The molecule has 1 amide bonds. The molecule has 2 N–H and O–H groups in total. The molecule has 1 aliphatic carbocycles. The van der Waals surface area contributed by atoms with Gasteiger partial charge >= 0.3 is 0 Å². The smallest absolute Gasteiger partial charge is 0.282 e. The Morgan fingerprint density at radius 3 is 2.04 bits per heavy atom. The van der Waals surface area contributed by atoms with Gasteiger partial charge in [0, 0.05) is 39.3 Å². The summed E-state index contributed by atoms with van der Waals surface area (Å²) in [6, 6.07) is 0. The van der Waals surface area contributed by atoms with Crippen LogP contribution < -0.4 is 5.73 Å². The Kier molecular flexibility index (Phi) is 4.43. The van der Waals surface area contributed by atoms with Crippen LogP contribution in [0.1, 0.15) is 26.7 Å². The van der Waals surface area contributed by atoms with Crippen LogP contribution in [0.25, 0.3) is 0 Å². The van der Waals surface area contributed by atoms with Crippen LogP contribution in [0.15, 0.2) is 0 Å². The highest BCUT2D eigenvalue weighted by molar-refractivity contribution is 7.86. The zero-order valence-electron chi connectivity index (χ0n) is 13.8. The van der Waals surface area contributed by atoms with Gasteiger partial charge in [0.15, 0.2) is 0 Å². The van der Waals surface area contributed by atoms with Gasteiger partial charge in [-0.2, -0.15) is 17.0 Å². The molecule has 2 aliphatic heterocycles. The maximum Gasteiger partial charge on any atom is 0.282 e. The van der Waals surface area contributed by atoms with E-state index >= 15 is 0 Å². The van der Waals surface area contributed by atoms with E-state index in [-0.39, 0.29) is 18.1 Å². The molecule has 2 saturated heterocycles. The van der Waals surface area contributed by atoms with Crippen molar-refractivity contribution in [2.24, 2.45) is 5.73 Å². The molecule has 2 heterocycles. The SMILES string of the molecule is CC1CN(S(=O)(=O)N2CCN(C(=O)C3(N)CC3)CC2)CC(C)O1. The van der Waals surface area contributed by atoms with E-state index in [1.54, 1.807) is 4.90 Å². The van der Waals surface area contributed by atoms with Gasteiger partial charge in [-0.05, 0) is 26.7 Å². The fraction of sp³-hybridized carbons (Fsp3) is 0.929. The molecule has 2 atom stereocenters. The minimum Gasteiger partial charge on any atom is -0.373 e. The highest BCUT2D eigenvalue weighted by atomic mass is 32.2. The zero-order chi connectivity index (χ0) is 16.8. The number of carbonyl (C=O) groups is 1. The molecule has 0 aromatic carbocycles. The number of amides is 1. The van der Waals surface area contributed by atoms with Crippen LogP contribution in [-0.4, -0.2) is 84.9 Å². The van der Waals surface area contributed by atoms with Crippen molar-refractivity contribution in [3.63, 3.8) is 0 Å². The minimum atomic E-state index is -3.50. The topological polar surface area (TPSA) is 96.2 Å². The molecule has 3 rings (SSSR count). The summed E-state index contributed by atoms with van der Waals surface area (Å²) in [6.45, 7) is 5.97. The molecule has 0 bridgehead atoms. The van der Waals surface area contributed by atoms with Crippen LogP contribution in [0.5, 0.6) is 0 Å². The summed E-state index contributed by atoms with van der Waals surface area (Å²) in [5, 5.41) is 0. The Balaban J connectivity index is 1.61. The van der Waals surface area contributed by atoms with Gasteiger partial charge in [0.2, 0.25) is 5.91 Å². The predicted octanol–water partition coefficient (Wildman–Crippen LogP) is -1.02. The Hall–Kier alpha value is -0.740. The number of carbonyl (C=O) groups excluding carboxylic acids is 1. The summed E-state index contributed by atoms with van der Waals surface area (Å²) in [5.74, 6) is -0.0387. The van der Waals surface area contributed by atoms with Crippen molar-refractivity contribution in [1.29, 1.82) is 0 Å². The average Bonchev–Trinajstić information content (AvgIpc) is 3.25. The van der Waals surface area contributed by atoms with E-state index in [1.807, 2.05) is 13.8 Å². The highest BCUT2D eigenvalue weighted by Gasteiger charge is 2.49. The molecular weight excluding hydrogens is 320 g/mol. The van der Waals surface area contributed by atoms with Gasteiger partial charge in [0.25, 0.3) is 10.2 Å². The fourth-order valence-electron chi connectivity index (χ4n) is 3.27. The lowest BCUT2D eigenvalue weighted by Gasteiger charge is -2.40. The van der Waals surface area contributed by atoms with E-state index in [1.165, 1.54) is 8.61 Å². The van der Waals surface area contributed by atoms with Gasteiger partial charge in [0.1, 0.15) is 0 Å². The molecule has 0 spiro atoms. The van der Waals surface area contributed by atoms with Crippen LogP contribution in [0.4, 0.5) is 0 Å². The van der Waals surface area contributed by atoms with Crippen molar-refractivity contribution in [2.45, 2.75) is 44.4 Å². The molecule has 2 unspecified atom stereocenters. The normalized spacial score (nSPS) is 32.7. The third kappa shape index (κ3) is 3.39. The first-order chi connectivity index (χ1) is 10.7. The van der Waals surface area contributed by atoms with Gasteiger partial charge in [-0.15, -0.1) is 0 Å². The van der Waals surface area contributed by atoms with Crippen LogP contribution in [0.2, 0.25) is 0 Å². The first-order valence-electron chi connectivity index (χ1n) is 8.21. The second-order valence-electron chi connectivity index (χ2n) is 6.93. The monoisotopic (exact) mass is 346 g/mol. The lowest BCUT2D eigenvalue weighted by atomic mass is 10.2. The molecule has 132 valence electrons. The second kappa shape index (κ2) is 5.96. The Labute approximate surface area is 137 Å². The molecule has 3 aliphatic rings. The van der Waals surface area contributed by atoms with Crippen molar-refractivity contribution in [3.8, 4) is 0 Å². The lowest BCUT2D eigenvalue weighted by Crippen LogP contribution is -2.59. The summed E-state index contributed by atoms with van der Waals surface area (Å²) < 4.78 is 34.1. The fourth-order valence-corrected chi connectivity index (χ4v) is 5.02. The molecule has 23 heavy (non-hydrogen) atoms. The summed E-state index contributed by atoms with van der Waals surface area (Å²) >= 11 is 0. The lowest BCUT2D eigenvalue weighted by molar-refractivity contribution is -0.134. The van der Waals surface area contributed by atoms with E-state index in [0.717, 1.165) is 12.8 Å². The van der Waals surface area contributed by atoms with Gasteiger partial charge in [-0.3, -0.25) is 4.79 Å². The third-order valence-corrected chi connectivity index (χ3v) is 6.75. The van der Waals surface area contributed by atoms with Gasteiger partial charge < -0.3 is 15.4 Å². The van der Waals surface area contributed by atoms with Crippen molar-refractivity contribution >= 4 is 16.1 Å². The molecule has 0 radical (unpaired) electrons. The van der Waals surface area contributed by atoms with Crippen LogP contribution in [-0.2, 0) is 19.7 Å². The minimum absolute atomic E-state index is 0.0387. The number of ether oxygens (including phenoxy) is 1. The molecule has 1 saturated carbocycles. The molecule has 0 aromatic heterocycles. The number of morpholine rings is 1. The number of hydrogen-bond acceptors (Lipinski definition) is 5. The van der Waals surface area contributed by atoms with E-state index < -0.39 is 15.7 Å². The van der Waals surface area contributed by atoms with Crippen molar-refractivity contribution in [3.05, 3.63) is 0 Å². The number of piperazine rings is 1. The summed E-state index contributed by atoms with van der Waals surface area (Å²) in [7, 11) is -3.50. The molecule has 0 aromatic rings. The molecular formula is C14H26N4O4S. The Bertz CT molecular complexity index is 559. The van der Waals surface area contributed by atoms with Crippen molar-refractivity contribution in [1.82, 2.24) is 13.5 Å². The van der Waals surface area contributed by atoms with Gasteiger partial charge in [-0.1, -0.05) is 0 Å². The van der Waals surface area contributed by atoms with Gasteiger partial charge in [0.05, 0.1) is 17.7 Å². The van der Waals surface area contributed by atoms with Crippen LogP contribution in [0, 0.1) is 0 Å². The highest BCUT2D eigenvalue weighted by Crippen LogP contribution is 2.34. The maximum atomic E-state index is 12.8. The quantitative estimate of drug-likeness (QED) is 0.705. The first-order valence-corrected chi connectivity index (χ1v) is 9.61. The first kappa shape index (κ1) is 17.1. The third-order valence-electron chi connectivity index (χ3n) is 4.78. The second-order valence-corrected chi connectivity index (χ2v) is 8.86. The van der Waals surface area contributed by atoms with Crippen LogP contribution >= 0.6 is 0 Å². The number of nitrogens with two attached hydrogens (primary N) is 1. The predicted molar refractivity (Wildman–Crippen MR) is 84.8 cm³/mol. The molecule has 8 nitrogen and oxygen atoms in total. The van der Waals surface area contributed by atoms with Crippen molar-refractivity contribution in [2.75, 3.05) is 39.3 Å². The zero-order valence-corrected chi connectivity index (χ0v) is 14.6. The standard InChI is InChI=1S/C14H26N4O4S/c1-11-9-18(10-12(2)22-11)23(20,21)17-7-5-16(6-8-17)13(19)14(15)3-4-14/h11-12H,3-10,15H2,1-2H3. The van der Waals surface area contributed by atoms with Crippen molar-refractivity contribution < 1.29 is 17.9 Å². The van der Waals surface area contributed by atoms with E-state index in [4.69, 9.17) is 10.5 Å². The van der Waals surface area contributed by atoms with E-state index in [2.05, 4.69) is 0 Å². The van der Waals surface area contributed by atoms with E-state index in [0.29, 0.717) is 39.3 Å². The number of hydrogen-bond donors (Lipinski definition) is 1. The molecule has 3 fully saturated rings. The number of nitrogens with zero attached hydrogens (tertiary/aromatic N) is 3. The molecule has 9 heteroatoms. The number of rotatable bonds is 3. The summed E-state index contributed by atoms with van der Waals surface area (Å²) in [5.41, 5.74) is 5.26. The van der Waals surface area contributed by atoms with Gasteiger partial charge in [-0.25, -0.2) is 0 Å². The van der Waals surface area contributed by atoms with Crippen LogP contribution in [0.3, 0.4) is 0 Å². The van der Waals surface area contributed by atoms with E-state index in [9.17, 15) is 13.2 Å². The Morgan fingerprint density at radius 2 is 1.57 bits per heavy atom. The Morgan fingerprint density at radius 1 is 1.04 bits per heavy atom. The summed E-state index contributed by atoms with van der Waals surface area (Å²) in [4.78, 5) is 13.9. The largest absolute Gasteiger partial charge is 0.373 e. The summed E-state index contributed by atoms with van der Waals surface area (Å²) in [6.07, 6.45) is 1.24. The maximum absolute atomic E-state index is 12.8. The average molecular weight is 346 g/mol.